The van der Waals surface area contributed by atoms with Gasteiger partial charge >= 0.3 is 0 Å². The van der Waals surface area contributed by atoms with Gasteiger partial charge in [-0.25, -0.2) is 0 Å². The molecule has 0 N–H and O–H groups in total. The molecule has 2 aliphatic rings. The summed E-state index contributed by atoms with van der Waals surface area (Å²) in [5, 5.41) is 0. The van der Waals surface area contributed by atoms with E-state index in [4.69, 9.17) is 14.2 Å². The number of ether oxygens (including phenoxy) is 3. The molecule has 0 unspecified atom stereocenters. The lowest BCUT2D eigenvalue weighted by Crippen LogP contribution is -2.28. The Hall–Kier alpha value is -1.16. The maximum absolute atomic E-state index is 5.92. The minimum atomic E-state index is -0.474. The summed E-state index contributed by atoms with van der Waals surface area (Å²) in [6.07, 6.45) is 4.43. The molecule has 1 aliphatic carbocycles. The van der Waals surface area contributed by atoms with Gasteiger partial charge in [0.25, 0.3) is 0 Å². The Balaban J connectivity index is 1.50. The van der Waals surface area contributed by atoms with Crippen LogP contribution in [0, 0.1) is 5.92 Å². The molecule has 1 heterocycles. The van der Waals surface area contributed by atoms with Crippen LogP contribution < -0.4 is 0 Å². The zero-order chi connectivity index (χ0) is 13.3. The highest BCUT2D eigenvalue weighted by molar-refractivity contribution is 5.14. The van der Waals surface area contributed by atoms with E-state index in [9.17, 15) is 0 Å². The van der Waals surface area contributed by atoms with E-state index in [-0.39, 0.29) is 18.1 Å². The Morgan fingerprint density at radius 2 is 1.89 bits per heavy atom. The SMILES string of the molecule is CC1(C)O[C@H]2[C@H](COCc3ccccc3)C=C[C@H]2O1. The summed E-state index contributed by atoms with van der Waals surface area (Å²) in [5.41, 5.74) is 1.20. The van der Waals surface area contributed by atoms with Crippen LogP contribution in [0.4, 0.5) is 0 Å². The van der Waals surface area contributed by atoms with Gasteiger partial charge in [-0.3, -0.25) is 0 Å². The highest BCUT2D eigenvalue weighted by Crippen LogP contribution is 2.37. The number of hydrogen-bond acceptors (Lipinski definition) is 3. The standard InChI is InChI=1S/C16H20O3/c1-16(2)18-14-9-8-13(15(14)19-16)11-17-10-12-6-4-3-5-7-12/h3-9,13-15H,10-11H2,1-2H3/t13-,14+,15-/m0/s1. The van der Waals surface area contributed by atoms with Crippen molar-refractivity contribution >= 4 is 0 Å². The third-order valence-electron chi connectivity index (χ3n) is 3.56. The molecule has 1 saturated heterocycles. The van der Waals surface area contributed by atoms with Gasteiger partial charge in [0.2, 0.25) is 0 Å². The van der Waals surface area contributed by atoms with Crippen LogP contribution in [-0.2, 0) is 20.8 Å². The van der Waals surface area contributed by atoms with Gasteiger partial charge in [0.05, 0.1) is 19.3 Å². The smallest absolute Gasteiger partial charge is 0.164 e. The van der Waals surface area contributed by atoms with Crippen LogP contribution in [0.15, 0.2) is 42.5 Å². The van der Waals surface area contributed by atoms with Gasteiger partial charge in [-0.15, -0.1) is 0 Å². The van der Waals surface area contributed by atoms with Crippen LogP contribution in [0.2, 0.25) is 0 Å². The third kappa shape index (κ3) is 2.89. The Bertz CT molecular complexity index is 452. The monoisotopic (exact) mass is 260 g/mol. The van der Waals surface area contributed by atoms with Crippen molar-refractivity contribution in [3.8, 4) is 0 Å². The molecule has 3 nitrogen and oxygen atoms in total. The lowest BCUT2D eigenvalue weighted by Gasteiger charge is -2.20. The van der Waals surface area contributed by atoms with Gasteiger partial charge in [-0.2, -0.15) is 0 Å². The van der Waals surface area contributed by atoms with Crippen molar-refractivity contribution in [1.82, 2.24) is 0 Å². The van der Waals surface area contributed by atoms with E-state index < -0.39 is 5.79 Å². The maximum atomic E-state index is 5.92. The highest BCUT2D eigenvalue weighted by atomic mass is 16.8. The molecule has 1 fully saturated rings. The van der Waals surface area contributed by atoms with Crippen LogP contribution >= 0.6 is 0 Å². The number of hydrogen-bond donors (Lipinski definition) is 0. The van der Waals surface area contributed by atoms with E-state index in [0.717, 1.165) is 0 Å². The van der Waals surface area contributed by atoms with Gasteiger partial charge in [0.1, 0.15) is 6.10 Å². The maximum Gasteiger partial charge on any atom is 0.164 e. The summed E-state index contributed by atoms with van der Waals surface area (Å²) in [6, 6.07) is 10.2. The molecular formula is C16H20O3. The lowest BCUT2D eigenvalue weighted by molar-refractivity contribution is -0.149. The summed E-state index contributed by atoms with van der Waals surface area (Å²) in [7, 11) is 0. The number of fused-ring (bicyclic) bond motifs is 1. The fourth-order valence-electron chi connectivity index (χ4n) is 2.70. The molecule has 0 amide bonds. The minimum Gasteiger partial charge on any atom is -0.376 e. The highest BCUT2D eigenvalue weighted by Gasteiger charge is 2.46. The predicted octanol–water partition coefficient (Wildman–Crippen LogP) is 2.91. The van der Waals surface area contributed by atoms with Gasteiger partial charge in [-0.05, 0) is 19.4 Å². The second-order valence-electron chi connectivity index (χ2n) is 5.61. The summed E-state index contributed by atoms with van der Waals surface area (Å²) in [4.78, 5) is 0. The number of benzene rings is 1. The topological polar surface area (TPSA) is 27.7 Å². The van der Waals surface area contributed by atoms with Crippen LogP contribution in [0.5, 0.6) is 0 Å². The fourth-order valence-corrected chi connectivity index (χ4v) is 2.70. The average Bonchev–Trinajstić information content (AvgIpc) is 2.87. The molecule has 19 heavy (non-hydrogen) atoms. The van der Waals surface area contributed by atoms with Crippen LogP contribution in [-0.4, -0.2) is 24.6 Å². The molecule has 3 atom stereocenters. The van der Waals surface area contributed by atoms with Crippen LogP contribution in [0.1, 0.15) is 19.4 Å². The fraction of sp³-hybridized carbons (Fsp3) is 0.500. The first-order valence-electron chi connectivity index (χ1n) is 6.80. The minimum absolute atomic E-state index is 0.0836. The third-order valence-corrected chi connectivity index (χ3v) is 3.56. The largest absolute Gasteiger partial charge is 0.376 e. The van der Waals surface area contributed by atoms with Crippen molar-refractivity contribution in [3.63, 3.8) is 0 Å². The summed E-state index contributed by atoms with van der Waals surface area (Å²) in [6.45, 7) is 5.24. The van der Waals surface area contributed by atoms with Crippen LogP contribution in [0.3, 0.4) is 0 Å². The van der Waals surface area contributed by atoms with Crippen LogP contribution in [0.25, 0.3) is 0 Å². The normalized spacial score (nSPS) is 31.6. The van der Waals surface area contributed by atoms with Gasteiger partial charge < -0.3 is 14.2 Å². The zero-order valence-corrected chi connectivity index (χ0v) is 11.4. The second kappa shape index (κ2) is 5.08. The van der Waals surface area contributed by atoms with E-state index >= 15 is 0 Å². The summed E-state index contributed by atoms with van der Waals surface area (Å²) in [5.74, 6) is -0.187. The second-order valence-corrected chi connectivity index (χ2v) is 5.61. The van der Waals surface area contributed by atoms with Gasteiger partial charge in [-0.1, -0.05) is 42.5 Å². The Morgan fingerprint density at radius 1 is 1.11 bits per heavy atom. The van der Waals surface area contributed by atoms with Gasteiger partial charge in [0.15, 0.2) is 5.79 Å². The Morgan fingerprint density at radius 3 is 2.68 bits per heavy atom. The molecular weight excluding hydrogens is 240 g/mol. The van der Waals surface area contributed by atoms with E-state index in [1.165, 1.54) is 5.56 Å². The number of rotatable bonds is 4. The first-order chi connectivity index (χ1) is 9.14. The molecule has 0 spiro atoms. The molecule has 0 saturated carbocycles. The molecule has 1 aliphatic heterocycles. The van der Waals surface area contributed by atoms with E-state index in [2.05, 4.69) is 24.3 Å². The van der Waals surface area contributed by atoms with Crippen molar-refractivity contribution < 1.29 is 14.2 Å². The summed E-state index contributed by atoms with van der Waals surface area (Å²) < 4.78 is 17.5. The zero-order valence-electron chi connectivity index (χ0n) is 11.4. The van der Waals surface area contributed by atoms with Crippen molar-refractivity contribution in [3.05, 3.63) is 48.0 Å². The average molecular weight is 260 g/mol. The molecule has 0 aromatic heterocycles. The molecule has 0 bridgehead atoms. The first kappa shape index (κ1) is 12.9. The molecule has 1 aromatic rings. The Kier molecular flexibility index (Phi) is 3.44. The molecule has 1 aromatic carbocycles. The molecule has 0 radical (unpaired) electrons. The predicted molar refractivity (Wildman–Crippen MR) is 72.6 cm³/mol. The molecule has 3 heteroatoms. The Labute approximate surface area is 114 Å². The van der Waals surface area contributed by atoms with Gasteiger partial charge in [0, 0.05) is 5.92 Å². The van der Waals surface area contributed by atoms with Crippen molar-refractivity contribution in [1.29, 1.82) is 0 Å². The van der Waals surface area contributed by atoms with Crippen molar-refractivity contribution in [2.24, 2.45) is 5.92 Å². The van der Waals surface area contributed by atoms with E-state index in [0.29, 0.717) is 13.2 Å². The molecule has 102 valence electrons. The first-order valence-corrected chi connectivity index (χ1v) is 6.80. The quantitative estimate of drug-likeness (QED) is 0.779. The molecule has 3 rings (SSSR count). The van der Waals surface area contributed by atoms with Crippen molar-refractivity contribution in [2.75, 3.05) is 6.61 Å². The van der Waals surface area contributed by atoms with E-state index in [1.807, 2.05) is 32.0 Å². The lowest BCUT2D eigenvalue weighted by atomic mass is 10.1. The van der Waals surface area contributed by atoms with Crippen molar-refractivity contribution in [2.45, 2.75) is 38.4 Å². The summed E-state index contributed by atoms with van der Waals surface area (Å²) >= 11 is 0. The van der Waals surface area contributed by atoms with E-state index in [1.54, 1.807) is 0 Å².